The minimum atomic E-state index is -1.04. The molecule has 2 amide bonds. The van der Waals surface area contributed by atoms with Gasteiger partial charge in [0.25, 0.3) is 0 Å². The molecule has 1 unspecified atom stereocenters. The van der Waals surface area contributed by atoms with Crippen LogP contribution in [0.4, 0.5) is 5.13 Å². The van der Waals surface area contributed by atoms with Crippen molar-refractivity contribution in [3.05, 3.63) is 11.1 Å². The lowest BCUT2D eigenvalue weighted by Gasteiger charge is -2.21. The Bertz CT molecular complexity index is 620. The van der Waals surface area contributed by atoms with Crippen LogP contribution in [0.1, 0.15) is 53.2 Å². The lowest BCUT2D eigenvalue weighted by molar-refractivity contribution is -0.142. The van der Waals surface area contributed by atoms with E-state index in [1.807, 2.05) is 20.8 Å². The summed E-state index contributed by atoms with van der Waals surface area (Å²) in [6, 6.07) is -0.912. The molecule has 0 saturated heterocycles. The molecule has 0 radical (unpaired) electrons. The predicted molar refractivity (Wildman–Crippen MR) is 97.5 cm³/mol. The molecule has 0 fully saturated rings. The van der Waals surface area contributed by atoms with Crippen LogP contribution in [0.2, 0.25) is 0 Å². The summed E-state index contributed by atoms with van der Waals surface area (Å²) in [7, 11) is 0. The Kier molecular flexibility index (Phi) is 7.54. The molecule has 0 aliphatic heterocycles. The number of carbonyl (C=O) groups is 3. The molecule has 140 valence electrons. The predicted octanol–water partition coefficient (Wildman–Crippen LogP) is 2.68. The minimum absolute atomic E-state index is 0.00311. The molecule has 3 N–H and O–H groups in total. The number of nitrogens with zero attached hydrogens (tertiary/aromatic N) is 1. The number of carboxylic acids is 1. The first kappa shape index (κ1) is 21.1. The van der Waals surface area contributed by atoms with Gasteiger partial charge in [-0.05, 0) is 18.3 Å². The second-order valence-corrected chi connectivity index (χ2v) is 8.38. The van der Waals surface area contributed by atoms with Crippen molar-refractivity contribution < 1.29 is 19.5 Å². The number of rotatable bonds is 8. The number of hydrogen-bond donors (Lipinski definition) is 3. The number of amides is 2. The van der Waals surface area contributed by atoms with E-state index in [0.717, 1.165) is 0 Å². The van der Waals surface area contributed by atoms with Gasteiger partial charge < -0.3 is 15.7 Å². The first-order valence-electron chi connectivity index (χ1n) is 8.25. The number of hydrogen-bond acceptors (Lipinski definition) is 5. The molecule has 0 aliphatic carbocycles. The molecular weight excluding hydrogens is 342 g/mol. The fourth-order valence-electron chi connectivity index (χ4n) is 1.94. The molecule has 8 heteroatoms. The van der Waals surface area contributed by atoms with Crippen LogP contribution in [0.25, 0.3) is 0 Å². The van der Waals surface area contributed by atoms with Crippen LogP contribution in [0.15, 0.2) is 5.38 Å². The van der Waals surface area contributed by atoms with E-state index in [1.54, 1.807) is 19.2 Å². The van der Waals surface area contributed by atoms with Gasteiger partial charge in [0, 0.05) is 11.3 Å². The maximum Gasteiger partial charge on any atom is 0.326 e. The van der Waals surface area contributed by atoms with Crippen molar-refractivity contribution in [1.29, 1.82) is 0 Å². The van der Waals surface area contributed by atoms with Crippen LogP contribution < -0.4 is 10.6 Å². The number of carbonyl (C=O) groups excluding carboxylic acids is 2. The first-order chi connectivity index (χ1) is 11.5. The molecule has 0 spiro atoms. The van der Waals surface area contributed by atoms with Gasteiger partial charge in [-0.15, -0.1) is 11.3 Å². The van der Waals surface area contributed by atoms with Crippen LogP contribution in [-0.4, -0.2) is 33.9 Å². The van der Waals surface area contributed by atoms with Crippen molar-refractivity contribution in [3.63, 3.8) is 0 Å². The maximum absolute atomic E-state index is 12.1. The summed E-state index contributed by atoms with van der Waals surface area (Å²) in [5.41, 5.74) is 0.498. The highest BCUT2D eigenvalue weighted by molar-refractivity contribution is 7.13. The second-order valence-electron chi connectivity index (χ2n) is 7.52. The molecule has 1 heterocycles. The fraction of sp³-hybridized carbons (Fsp3) is 0.647. The average Bonchev–Trinajstić information content (AvgIpc) is 2.88. The van der Waals surface area contributed by atoms with Crippen molar-refractivity contribution in [2.75, 3.05) is 5.32 Å². The monoisotopic (exact) mass is 369 g/mol. The Balaban J connectivity index is 2.58. The van der Waals surface area contributed by atoms with E-state index in [4.69, 9.17) is 0 Å². The molecule has 25 heavy (non-hydrogen) atoms. The average molecular weight is 369 g/mol. The van der Waals surface area contributed by atoms with Crippen LogP contribution >= 0.6 is 11.3 Å². The minimum Gasteiger partial charge on any atom is -0.480 e. The van der Waals surface area contributed by atoms with E-state index in [9.17, 15) is 19.5 Å². The summed E-state index contributed by atoms with van der Waals surface area (Å²) in [4.78, 5) is 39.2. The molecule has 0 aliphatic rings. The molecule has 1 atom stereocenters. The fourth-order valence-corrected chi connectivity index (χ4v) is 2.65. The van der Waals surface area contributed by atoms with Crippen molar-refractivity contribution in [1.82, 2.24) is 10.3 Å². The first-order valence-corrected chi connectivity index (χ1v) is 9.13. The Hall–Kier alpha value is -1.96. The highest BCUT2D eigenvalue weighted by atomic mass is 32.1. The lowest BCUT2D eigenvalue weighted by atomic mass is 9.88. The normalized spacial score (nSPS) is 12.7. The highest BCUT2D eigenvalue weighted by Gasteiger charge is 2.23. The van der Waals surface area contributed by atoms with Crippen LogP contribution in [0, 0.1) is 11.3 Å². The number of aromatic nitrogens is 1. The summed E-state index contributed by atoms with van der Waals surface area (Å²) < 4.78 is 0. The topological polar surface area (TPSA) is 108 Å². The van der Waals surface area contributed by atoms with Crippen molar-refractivity contribution in [3.8, 4) is 0 Å². The lowest BCUT2D eigenvalue weighted by Crippen LogP contribution is -2.42. The van der Waals surface area contributed by atoms with Crippen molar-refractivity contribution in [2.24, 2.45) is 11.3 Å². The van der Waals surface area contributed by atoms with E-state index in [0.29, 0.717) is 23.7 Å². The zero-order valence-electron chi connectivity index (χ0n) is 15.4. The third kappa shape index (κ3) is 8.11. The van der Waals surface area contributed by atoms with Gasteiger partial charge in [-0.1, -0.05) is 34.6 Å². The molecule has 0 aromatic carbocycles. The quantitative estimate of drug-likeness (QED) is 0.653. The smallest absolute Gasteiger partial charge is 0.326 e. The molecule has 0 saturated carbocycles. The van der Waals surface area contributed by atoms with Gasteiger partial charge in [-0.2, -0.15) is 0 Å². The van der Waals surface area contributed by atoms with E-state index < -0.39 is 17.9 Å². The highest BCUT2D eigenvalue weighted by Crippen LogP contribution is 2.22. The largest absolute Gasteiger partial charge is 0.480 e. The molecule has 1 rings (SSSR count). The van der Waals surface area contributed by atoms with Gasteiger partial charge in [0.2, 0.25) is 11.8 Å². The molecule has 0 bridgehead atoms. The third-order valence-electron chi connectivity index (χ3n) is 3.46. The van der Waals surface area contributed by atoms with Crippen LogP contribution in [0.3, 0.4) is 0 Å². The zero-order chi connectivity index (χ0) is 19.2. The summed E-state index contributed by atoms with van der Waals surface area (Å²) >= 11 is 1.24. The van der Waals surface area contributed by atoms with Crippen molar-refractivity contribution >= 4 is 34.3 Å². The van der Waals surface area contributed by atoms with Crippen molar-refractivity contribution in [2.45, 2.75) is 59.9 Å². The Morgan fingerprint density at radius 2 is 1.92 bits per heavy atom. The summed E-state index contributed by atoms with van der Waals surface area (Å²) in [6.07, 6.45) is 1.04. The number of nitrogens with one attached hydrogen (secondary N) is 2. The molecular formula is C17H27N3O4S. The van der Waals surface area contributed by atoms with Gasteiger partial charge >= 0.3 is 5.97 Å². The third-order valence-corrected chi connectivity index (χ3v) is 4.27. The number of carboxylic acid groups (broad SMARTS) is 1. The summed E-state index contributed by atoms with van der Waals surface area (Å²) in [5, 5.41) is 16.6. The molecule has 7 nitrogen and oxygen atoms in total. The maximum atomic E-state index is 12.1. The van der Waals surface area contributed by atoms with E-state index in [-0.39, 0.29) is 23.7 Å². The van der Waals surface area contributed by atoms with E-state index >= 15 is 0 Å². The molecule has 1 aromatic heterocycles. The van der Waals surface area contributed by atoms with E-state index in [2.05, 4.69) is 15.6 Å². The number of aliphatic carboxylic acids is 1. The van der Waals surface area contributed by atoms with Gasteiger partial charge in [-0.25, -0.2) is 9.78 Å². The van der Waals surface area contributed by atoms with Crippen LogP contribution in [-0.2, 0) is 20.8 Å². The number of thiazole rings is 1. The Morgan fingerprint density at radius 3 is 2.44 bits per heavy atom. The standard InChI is InChI=1S/C17H27N3O4S/c1-10(2)14(22)20-16-18-11(9-25-16)8-13(21)19-12(15(23)24)6-7-17(3,4)5/h9-10,12H,6-8H2,1-5H3,(H,19,21)(H,23,24)(H,18,20,22). The Labute approximate surface area is 152 Å². The summed E-state index contributed by atoms with van der Waals surface area (Å²) in [5.74, 6) is -1.73. The second kappa shape index (κ2) is 8.94. The van der Waals surface area contributed by atoms with Gasteiger partial charge in [0.05, 0.1) is 12.1 Å². The van der Waals surface area contributed by atoms with E-state index in [1.165, 1.54) is 11.3 Å². The Morgan fingerprint density at radius 1 is 1.28 bits per heavy atom. The zero-order valence-corrected chi connectivity index (χ0v) is 16.2. The van der Waals surface area contributed by atoms with Crippen LogP contribution in [0.5, 0.6) is 0 Å². The van der Waals surface area contributed by atoms with Gasteiger partial charge in [-0.3, -0.25) is 9.59 Å². The van der Waals surface area contributed by atoms with Gasteiger partial charge in [0.15, 0.2) is 5.13 Å². The molecule has 1 aromatic rings. The number of anilines is 1. The van der Waals surface area contributed by atoms with Gasteiger partial charge in [0.1, 0.15) is 6.04 Å². The summed E-state index contributed by atoms with van der Waals surface area (Å²) in [6.45, 7) is 9.63. The SMILES string of the molecule is CC(C)C(=O)Nc1nc(CC(=O)NC(CCC(C)(C)C)C(=O)O)cs1.